The zero-order valence-electron chi connectivity index (χ0n) is 21.9. The van der Waals surface area contributed by atoms with Crippen LogP contribution in [-0.2, 0) is 16.7 Å². The molecule has 1 aromatic carbocycles. The van der Waals surface area contributed by atoms with Crippen LogP contribution in [0.25, 0.3) is 0 Å². The molecule has 0 atom stereocenters. The molecule has 0 aliphatic carbocycles. The number of hydrogen-bond donors (Lipinski definition) is 3. The van der Waals surface area contributed by atoms with Gasteiger partial charge in [-0.25, -0.2) is 9.78 Å². The number of carbonyl (C=O) groups excluding carboxylic acids is 2. The fourth-order valence-corrected chi connectivity index (χ4v) is 3.54. The average molecular weight is 571 g/mol. The van der Waals surface area contributed by atoms with Crippen LogP contribution in [0.5, 0.6) is 0 Å². The molecule has 0 radical (unpaired) electrons. The van der Waals surface area contributed by atoms with Gasteiger partial charge in [0.25, 0.3) is 11.7 Å². The number of anilines is 1. The van der Waals surface area contributed by atoms with Crippen LogP contribution in [0.2, 0.25) is 0 Å². The molecule has 3 rings (SSSR count). The summed E-state index contributed by atoms with van der Waals surface area (Å²) in [5.74, 6) is 0.145. The highest BCUT2D eigenvalue weighted by Crippen LogP contribution is 2.24. The molecule has 3 aromatic rings. The molecule has 11 heteroatoms. The number of amides is 2. The number of aromatic nitrogens is 3. The number of nitrogens with zero attached hydrogens (tertiary/aromatic N) is 3. The van der Waals surface area contributed by atoms with Gasteiger partial charge < -0.3 is 14.6 Å². The molecule has 0 saturated carbocycles. The van der Waals surface area contributed by atoms with Crippen molar-refractivity contribution < 1.29 is 18.8 Å². The minimum absolute atomic E-state index is 0.0202. The highest BCUT2D eigenvalue weighted by Gasteiger charge is 2.24. The summed E-state index contributed by atoms with van der Waals surface area (Å²) >= 11 is 3.38. The molecule has 0 aliphatic rings. The summed E-state index contributed by atoms with van der Waals surface area (Å²) in [7, 11) is 0. The molecule has 2 heterocycles. The second-order valence-electron chi connectivity index (χ2n) is 10.5. The largest absolute Gasteiger partial charge is 0.444 e. The molecular weight excluding hydrogens is 540 g/mol. The first-order valence-electron chi connectivity index (χ1n) is 11.6. The van der Waals surface area contributed by atoms with Gasteiger partial charge in [0.1, 0.15) is 11.4 Å². The number of carbonyl (C=O) groups is 2. The van der Waals surface area contributed by atoms with Crippen molar-refractivity contribution in [1.82, 2.24) is 20.4 Å². The molecule has 0 unspecified atom stereocenters. The van der Waals surface area contributed by atoms with E-state index in [0.29, 0.717) is 21.5 Å². The molecule has 3 N–H and O–H groups in total. The van der Waals surface area contributed by atoms with Crippen LogP contribution < -0.4 is 10.6 Å². The van der Waals surface area contributed by atoms with Crippen LogP contribution in [0, 0.1) is 12.3 Å². The van der Waals surface area contributed by atoms with Crippen LogP contribution in [0.1, 0.15) is 80.3 Å². The Balaban J connectivity index is 1.74. The second kappa shape index (κ2) is 10.8. The molecule has 0 fully saturated rings. The van der Waals surface area contributed by atoms with E-state index in [-0.39, 0.29) is 29.3 Å². The normalized spacial score (nSPS) is 11.7. The molecule has 2 amide bonds. The third kappa shape index (κ3) is 7.45. The van der Waals surface area contributed by atoms with Gasteiger partial charge in [0.05, 0.1) is 5.71 Å². The van der Waals surface area contributed by atoms with E-state index in [4.69, 9.17) is 14.7 Å². The van der Waals surface area contributed by atoms with Gasteiger partial charge in [-0.05, 0) is 66.9 Å². The fraction of sp³-hybridized carbons (Fsp3) is 0.385. The fourth-order valence-electron chi connectivity index (χ4n) is 3.21. The summed E-state index contributed by atoms with van der Waals surface area (Å²) < 4.78 is 11.2. The van der Waals surface area contributed by atoms with Crippen molar-refractivity contribution in [2.24, 2.45) is 0 Å². The van der Waals surface area contributed by atoms with Gasteiger partial charge >= 0.3 is 6.09 Å². The van der Waals surface area contributed by atoms with E-state index < -0.39 is 17.6 Å². The van der Waals surface area contributed by atoms with Crippen LogP contribution in [0.3, 0.4) is 0 Å². The maximum absolute atomic E-state index is 12.5. The zero-order chi connectivity index (χ0) is 27.5. The van der Waals surface area contributed by atoms with E-state index in [1.165, 1.54) is 6.20 Å². The van der Waals surface area contributed by atoms with E-state index in [9.17, 15) is 9.59 Å². The molecule has 10 nitrogen and oxygen atoms in total. The number of ether oxygens (including phenoxy) is 1. The summed E-state index contributed by atoms with van der Waals surface area (Å²) in [6.45, 7) is 13.2. The molecule has 37 heavy (non-hydrogen) atoms. The number of benzene rings is 1. The smallest absolute Gasteiger partial charge is 0.413 e. The molecule has 0 spiro atoms. The van der Waals surface area contributed by atoms with E-state index >= 15 is 0 Å². The Bertz CT molecular complexity index is 1340. The topological polar surface area (TPSA) is 143 Å². The number of hydrogen-bond acceptors (Lipinski definition) is 8. The number of rotatable bonds is 6. The van der Waals surface area contributed by atoms with Crippen LogP contribution in [0.15, 0.2) is 39.5 Å². The molecule has 0 aliphatic heterocycles. The molecule has 0 saturated heterocycles. The number of nitrogens with one attached hydrogen (secondary N) is 3. The second-order valence-corrected chi connectivity index (χ2v) is 11.5. The number of aryl methyl sites for hydroxylation is 1. The molecule has 196 valence electrons. The van der Waals surface area contributed by atoms with Crippen LogP contribution >= 0.6 is 15.9 Å². The first kappa shape index (κ1) is 28.0. The lowest BCUT2D eigenvalue weighted by Crippen LogP contribution is -2.28. The van der Waals surface area contributed by atoms with Crippen molar-refractivity contribution >= 4 is 39.5 Å². The van der Waals surface area contributed by atoms with E-state index in [2.05, 4.69) is 41.7 Å². The van der Waals surface area contributed by atoms with Crippen molar-refractivity contribution in [1.29, 1.82) is 5.41 Å². The third-order valence-corrected chi connectivity index (χ3v) is 5.52. The first-order chi connectivity index (χ1) is 17.1. The quantitative estimate of drug-likeness (QED) is 0.330. The van der Waals surface area contributed by atoms with Gasteiger partial charge in [0, 0.05) is 33.8 Å². The number of halogens is 1. The lowest BCUT2D eigenvalue weighted by atomic mass is 9.97. The van der Waals surface area contributed by atoms with Gasteiger partial charge in [-0.2, -0.15) is 4.98 Å². The highest BCUT2D eigenvalue weighted by atomic mass is 79.9. The number of pyridine rings is 1. The Morgan fingerprint density at radius 2 is 1.84 bits per heavy atom. The standard InChI is InChI=1S/C26H31BrN6O4/c1-14-10-15(8-9-16(14)12-30-22(34)21-31-23(37-33-21)25(2,3)4)19(28)18-11-17(27)13-29-20(18)32-24(35)36-26(5,6)7/h8-11,13,28H,12H2,1-7H3,(H,30,34)(H,29,32,35). The van der Waals surface area contributed by atoms with Crippen LogP contribution in [-0.4, -0.2) is 38.4 Å². The first-order valence-corrected chi connectivity index (χ1v) is 12.4. The van der Waals surface area contributed by atoms with Gasteiger partial charge in [-0.3, -0.25) is 15.5 Å². The average Bonchev–Trinajstić information content (AvgIpc) is 3.28. The Morgan fingerprint density at radius 3 is 2.43 bits per heavy atom. The lowest BCUT2D eigenvalue weighted by molar-refractivity contribution is 0.0635. The van der Waals surface area contributed by atoms with Gasteiger partial charge in [0.15, 0.2) is 0 Å². The maximum atomic E-state index is 12.5. The van der Waals surface area contributed by atoms with Crippen molar-refractivity contribution in [3.05, 3.63) is 68.9 Å². The van der Waals surface area contributed by atoms with Gasteiger partial charge in [0.2, 0.25) is 5.89 Å². The van der Waals surface area contributed by atoms with E-state index in [1.54, 1.807) is 32.9 Å². The highest BCUT2D eigenvalue weighted by molar-refractivity contribution is 9.10. The Kier molecular flexibility index (Phi) is 8.16. The lowest BCUT2D eigenvalue weighted by Gasteiger charge is -2.20. The third-order valence-electron chi connectivity index (χ3n) is 5.08. The van der Waals surface area contributed by atoms with Gasteiger partial charge in [-0.1, -0.05) is 38.1 Å². The molecule has 0 bridgehead atoms. The minimum atomic E-state index is -0.673. The van der Waals surface area contributed by atoms with Crippen molar-refractivity contribution in [3.63, 3.8) is 0 Å². The van der Waals surface area contributed by atoms with E-state index in [0.717, 1.165) is 11.1 Å². The minimum Gasteiger partial charge on any atom is -0.444 e. The molecular formula is C26H31BrN6O4. The monoisotopic (exact) mass is 570 g/mol. The predicted octanol–water partition coefficient (Wildman–Crippen LogP) is 5.53. The summed E-state index contributed by atoms with van der Waals surface area (Å²) in [4.78, 5) is 33.2. The summed E-state index contributed by atoms with van der Waals surface area (Å²) in [6, 6.07) is 7.17. The summed E-state index contributed by atoms with van der Waals surface area (Å²) in [5.41, 5.74) is 1.92. The Labute approximate surface area is 224 Å². The van der Waals surface area contributed by atoms with Gasteiger partial charge in [-0.15, -0.1) is 0 Å². The molecule has 2 aromatic heterocycles. The van der Waals surface area contributed by atoms with Crippen molar-refractivity contribution in [2.75, 3.05) is 5.32 Å². The van der Waals surface area contributed by atoms with E-state index in [1.807, 2.05) is 39.8 Å². The Morgan fingerprint density at radius 1 is 1.14 bits per heavy atom. The van der Waals surface area contributed by atoms with Crippen molar-refractivity contribution in [2.45, 2.75) is 66.0 Å². The van der Waals surface area contributed by atoms with Crippen molar-refractivity contribution in [3.8, 4) is 0 Å². The predicted molar refractivity (Wildman–Crippen MR) is 143 cm³/mol. The summed E-state index contributed by atoms with van der Waals surface area (Å²) in [6.07, 6.45) is 0.879. The Hall–Kier alpha value is -3.60. The van der Waals surface area contributed by atoms with Crippen LogP contribution in [0.4, 0.5) is 10.6 Å². The SMILES string of the molecule is Cc1cc(C(=N)c2cc(Br)cnc2NC(=O)OC(C)(C)C)ccc1CNC(=O)c1noc(C(C)(C)C)n1. The summed E-state index contributed by atoms with van der Waals surface area (Å²) in [5, 5.41) is 18.0. The zero-order valence-corrected chi connectivity index (χ0v) is 23.5. The maximum Gasteiger partial charge on any atom is 0.413 e.